The molecular formula is C13H16ClN3O4. The van der Waals surface area contributed by atoms with Crippen molar-refractivity contribution < 1.29 is 19.5 Å². The molecule has 0 heterocycles. The molecule has 114 valence electrons. The third-order valence-corrected chi connectivity index (χ3v) is 2.91. The number of halogens is 1. The minimum Gasteiger partial charge on any atom is -0.478 e. The Kier molecular flexibility index (Phi) is 6.48. The van der Waals surface area contributed by atoms with Gasteiger partial charge in [0.25, 0.3) is 0 Å². The van der Waals surface area contributed by atoms with Crippen molar-refractivity contribution in [1.82, 2.24) is 5.32 Å². The summed E-state index contributed by atoms with van der Waals surface area (Å²) in [5, 5.41) is 14.0. The lowest BCUT2D eigenvalue weighted by Gasteiger charge is -2.09. The Hall–Kier alpha value is -2.28. The summed E-state index contributed by atoms with van der Waals surface area (Å²) in [4.78, 5) is 32.9. The Labute approximate surface area is 126 Å². The first-order valence-corrected chi connectivity index (χ1v) is 6.64. The lowest BCUT2D eigenvalue weighted by molar-refractivity contribution is -0.118. The summed E-state index contributed by atoms with van der Waals surface area (Å²) < 4.78 is 0. The maximum absolute atomic E-state index is 11.6. The van der Waals surface area contributed by atoms with Gasteiger partial charge in [-0.3, -0.25) is 4.79 Å². The summed E-state index contributed by atoms with van der Waals surface area (Å²) in [7, 11) is 0. The first-order chi connectivity index (χ1) is 9.90. The fourth-order valence-electron chi connectivity index (χ4n) is 1.54. The van der Waals surface area contributed by atoms with Crippen LogP contribution in [0.15, 0.2) is 18.2 Å². The maximum atomic E-state index is 11.6. The van der Waals surface area contributed by atoms with Crippen LogP contribution in [0.3, 0.4) is 0 Å². The van der Waals surface area contributed by atoms with Gasteiger partial charge < -0.3 is 21.5 Å². The van der Waals surface area contributed by atoms with Gasteiger partial charge in [-0.15, -0.1) is 0 Å². The van der Waals surface area contributed by atoms with Crippen molar-refractivity contribution in [3.63, 3.8) is 0 Å². The summed E-state index contributed by atoms with van der Waals surface area (Å²) >= 11 is 5.88. The molecular weight excluding hydrogens is 298 g/mol. The molecule has 0 atom stereocenters. The number of hydrogen-bond acceptors (Lipinski definition) is 3. The molecule has 5 N–H and O–H groups in total. The van der Waals surface area contributed by atoms with Crippen LogP contribution < -0.4 is 16.4 Å². The smallest absolute Gasteiger partial charge is 0.335 e. The summed E-state index contributed by atoms with van der Waals surface area (Å²) in [6.45, 7) is 0.393. The van der Waals surface area contributed by atoms with E-state index >= 15 is 0 Å². The van der Waals surface area contributed by atoms with Gasteiger partial charge in [-0.05, 0) is 31.0 Å². The molecule has 7 nitrogen and oxygen atoms in total. The Bertz CT molecular complexity index is 548. The number of benzene rings is 1. The first-order valence-electron chi connectivity index (χ1n) is 6.26. The minimum atomic E-state index is -1.10. The first kappa shape index (κ1) is 16.8. The fourth-order valence-corrected chi connectivity index (χ4v) is 1.77. The second kappa shape index (κ2) is 8.11. The van der Waals surface area contributed by atoms with Gasteiger partial charge in [-0.1, -0.05) is 11.6 Å². The molecule has 0 unspecified atom stereocenters. The average molecular weight is 314 g/mol. The van der Waals surface area contributed by atoms with Crippen LogP contribution in [0.5, 0.6) is 0 Å². The Morgan fingerprint density at radius 3 is 2.52 bits per heavy atom. The molecule has 0 aliphatic heterocycles. The molecule has 21 heavy (non-hydrogen) atoms. The zero-order chi connectivity index (χ0) is 15.8. The number of carboxylic acid groups (broad SMARTS) is 1. The third kappa shape index (κ3) is 6.13. The number of rotatable bonds is 7. The second-order valence-corrected chi connectivity index (χ2v) is 4.71. The van der Waals surface area contributed by atoms with Crippen molar-refractivity contribution >= 4 is 35.2 Å². The van der Waals surface area contributed by atoms with E-state index in [1.54, 1.807) is 0 Å². The summed E-state index contributed by atoms with van der Waals surface area (Å²) in [6.07, 6.45) is 1.51. The van der Waals surface area contributed by atoms with Gasteiger partial charge in [0.2, 0.25) is 5.91 Å². The number of amides is 3. The molecule has 0 aromatic heterocycles. The van der Waals surface area contributed by atoms with Crippen LogP contribution in [0.1, 0.15) is 29.6 Å². The topological polar surface area (TPSA) is 122 Å². The minimum absolute atomic E-state index is 0.0393. The van der Waals surface area contributed by atoms with Crippen molar-refractivity contribution in [2.24, 2.45) is 5.73 Å². The van der Waals surface area contributed by atoms with E-state index in [9.17, 15) is 14.4 Å². The van der Waals surface area contributed by atoms with E-state index in [-0.39, 0.29) is 22.9 Å². The summed E-state index contributed by atoms with van der Waals surface area (Å²) in [6, 6.07) is 3.56. The van der Waals surface area contributed by atoms with Crippen LogP contribution in [-0.4, -0.2) is 29.6 Å². The summed E-state index contributed by atoms with van der Waals surface area (Å²) in [5.41, 5.74) is 5.35. The molecule has 0 saturated carbocycles. The molecule has 1 aromatic rings. The van der Waals surface area contributed by atoms with E-state index in [1.165, 1.54) is 18.2 Å². The number of aromatic carboxylic acids is 1. The molecule has 0 aliphatic rings. The van der Waals surface area contributed by atoms with E-state index in [1.807, 2.05) is 0 Å². The molecule has 0 bridgehead atoms. The Morgan fingerprint density at radius 2 is 1.95 bits per heavy atom. The summed E-state index contributed by atoms with van der Waals surface area (Å²) in [5.74, 6) is -1.47. The van der Waals surface area contributed by atoms with Gasteiger partial charge in [-0.25, -0.2) is 9.59 Å². The van der Waals surface area contributed by atoms with Crippen LogP contribution in [0.4, 0.5) is 10.5 Å². The normalized spacial score (nSPS) is 9.95. The number of hydrogen-bond donors (Lipinski definition) is 4. The van der Waals surface area contributed by atoms with Gasteiger partial charge in [0.15, 0.2) is 0 Å². The molecule has 0 fully saturated rings. The number of unbranched alkanes of at least 4 members (excludes halogenated alkanes) is 1. The highest BCUT2D eigenvalue weighted by Crippen LogP contribution is 2.22. The Morgan fingerprint density at radius 1 is 1.24 bits per heavy atom. The predicted molar refractivity (Wildman–Crippen MR) is 78.5 cm³/mol. The van der Waals surface area contributed by atoms with Crippen molar-refractivity contribution in [3.8, 4) is 0 Å². The average Bonchev–Trinajstić information content (AvgIpc) is 2.40. The van der Waals surface area contributed by atoms with Gasteiger partial charge >= 0.3 is 12.0 Å². The van der Waals surface area contributed by atoms with Gasteiger partial charge in [-0.2, -0.15) is 0 Å². The van der Waals surface area contributed by atoms with E-state index in [0.717, 1.165) is 0 Å². The number of carboxylic acids is 1. The zero-order valence-corrected chi connectivity index (χ0v) is 11.9. The number of primary amides is 1. The largest absolute Gasteiger partial charge is 0.478 e. The zero-order valence-electron chi connectivity index (χ0n) is 11.2. The van der Waals surface area contributed by atoms with Crippen LogP contribution in [0.25, 0.3) is 0 Å². The highest BCUT2D eigenvalue weighted by molar-refractivity contribution is 6.34. The lowest BCUT2D eigenvalue weighted by Crippen LogP contribution is -2.29. The Balaban J connectivity index is 2.41. The number of nitrogens with two attached hydrogens (primary N) is 1. The molecule has 3 amide bonds. The number of carbonyl (C=O) groups excluding carboxylic acids is 2. The van der Waals surface area contributed by atoms with E-state index in [4.69, 9.17) is 22.4 Å². The second-order valence-electron chi connectivity index (χ2n) is 4.30. The van der Waals surface area contributed by atoms with E-state index < -0.39 is 12.0 Å². The molecule has 0 radical (unpaired) electrons. The van der Waals surface area contributed by atoms with Crippen LogP contribution in [0, 0.1) is 0 Å². The number of nitrogens with one attached hydrogen (secondary N) is 2. The van der Waals surface area contributed by atoms with Crippen molar-refractivity contribution in [1.29, 1.82) is 0 Å². The van der Waals surface area contributed by atoms with Gasteiger partial charge in [0, 0.05) is 13.0 Å². The predicted octanol–water partition coefficient (Wildman–Crippen LogP) is 1.82. The number of carbonyl (C=O) groups is 3. The highest BCUT2D eigenvalue weighted by atomic mass is 35.5. The monoisotopic (exact) mass is 313 g/mol. The SMILES string of the molecule is NC(=O)CCCCNC(=O)Nc1ccc(C(=O)O)cc1Cl. The third-order valence-electron chi connectivity index (χ3n) is 2.60. The molecule has 1 aromatic carbocycles. The molecule has 0 spiro atoms. The molecule has 1 rings (SSSR count). The van der Waals surface area contributed by atoms with Crippen LogP contribution in [-0.2, 0) is 4.79 Å². The van der Waals surface area contributed by atoms with Crippen LogP contribution >= 0.6 is 11.6 Å². The molecule has 0 aliphatic carbocycles. The molecule has 8 heteroatoms. The standard InChI is InChI=1S/C13H16ClN3O4/c14-9-7-8(12(19)20)4-5-10(9)17-13(21)16-6-2-1-3-11(15)18/h4-5,7H,1-3,6H2,(H2,15,18)(H,19,20)(H2,16,17,21). The van der Waals surface area contributed by atoms with E-state index in [2.05, 4.69) is 10.6 Å². The quantitative estimate of drug-likeness (QED) is 0.573. The van der Waals surface area contributed by atoms with Crippen molar-refractivity contribution in [2.45, 2.75) is 19.3 Å². The highest BCUT2D eigenvalue weighted by Gasteiger charge is 2.09. The fraction of sp³-hybridized carbons (Fsp3) is 0.308. The lowest BCUT2D eigenvalue weighted by atomic mass is 10.2. The molecule has 0 saturated heterocycles. The van der Waals surface area contributed by atoms with Gasteiger partial charge in [0.1, 0.15) is 0 Å². The van der Waals surface area contributed by atoms with E-state index in [0.29, 0.717) is 25.1 Å². The van der Waals surface area contributed by atoms with Crippen molar-refractivity contribution in [2.75, 3.05) is 11.9 Å². The van der Waals surface area contributed by atoms with Crippen LogP contribution in [0.2, 0.25) is 5.02 Å². The number of anilines is 1. The van der Waals surface area contributed by atoms with Crippen molar-refractivity contribution in [3.05, 3.63) is 28.8 Å². The number of urea groups is 1. The van der Waals surface area contributed by atoms with Gasteiger partial charge in [0.05, 0.1) is 16.3 Å². The maximum Gasteiger partial charge on any atom is 0.335 e.